The van der Waals surface area contributed by atoms with Crippen LogP contribution in [0.1, 0.15) is 31.9 Å². The van der Waals surface area contributed by atoms with E-state index in [0.717, 1.165) is 24.4 Å². The summed E-state index contributed by atoms with van der Waals surface area (Å²) in [4.78, 5) is 2.59. The van der Waals surface area contributed by atoms with E-state index in [-0.39, 0.29) is 0 Å². The summed E-state index contributed by atoms with van der Waals surface area (Å²) in [5.41, 5.74) is 0.980. The lowest BCUT2D eigenvalue weighted by atomic mass is 10.1. The van der Waals surface area contributed by atoms with Crippen molar-refractivity contribution < 1.29 is 4.42 Å². The Morgan fingerprint density at radius 2 is 2.00 bits per heavy atom. The number of fused-ring (bicyclic) bond motifs is 1. The molecule has 1 N–H and O–H groups in total. The van der Waals surface area contributed by atoms with Crippen LogP contribution in [0.15, 0.2) is 34.7 Å². The van der Waals surface area contributed by atoms with Gasteiger partial charge < -0.3 is 9.73 Å². The zero-order chi connectivity index (χ0) is 13.8. The zero-order valence-corrected chi connectivity index (χ0v) is 12.3. The molecular weight excluding hydrogens is 248 g/mol. The van der Waals surface area contributed by atoms with Crippen LogP contribution in [-0.2, 0) is 6.54 Å². The number of nitrogens with one attached hydrogen (secondary N) is 1. The van der Waals surface area contributed by atoms with Crippen molar-refractivity contribution in [1.82, 2.24) is 10.2 Å². The summed E-state index contributed by atoms with van der Waals surface area (Å²) >= 11 is 0. The van der Waals surface area contributed by atoms with Crippen LogP contribution < -0.4 is 5.32 Å². The van der Waals surface area contributed by atoms with Gasteiger partial charge in [-0.2, -0.15) is 0 Å². The van der Waals surface area contributed by atoms with Gasteiger partial charge in [-0.05, 0) is 45.0 Å². The van der Waals surface area contributed by atoms with Crippen molar-refractivity contribution in [2.24, 2.45) is 0 Å². The lowest BCUT2D eigenvalue weighted by molar-refractivity contribution is 0.170. The number of likely N-dealkylation sites (tertiary alicyclic amines) is 1. The predicted molar refractivity (Wildman–Crippen MR) is 82.8 cm³/mol. The SMILES string of the molecule is CC(CNCc1cc2ccccc2o1)N1CCCCC1. The largest absolute Gasteiger partial charge is 0.460 e. The van der Waals surface area contributed by atoms with Gasteiger partial charge in [0.05, 0.1) is 6.54 Å². The minimum Gasteiger partial charge on any atom is -0.460 e. The molecule has 108 valence electrons. The summed E-state index contributed by atoms with van der Waals surface area (Å²) in [5.74, 6) is 1.03. The van der Waals surface area contributed by atoms with Crippen LogP contribution in [0.25, 0.3) is 11.0 Å². The van der Waals surface area contributed by atoms with E-state index in [1.807, 2.05) is 18.2 Å². The predicted octanol–water partition coefficient (Wildman–Crippen LogP) is 3.40. The Balaban J connectivity index is 1.49. The second kappa shape index (κ2) is 6.42. The van der Waals surface area contributed by atoms with Gasteiger partial charge in [0, 0.05) is 18.0 Å². The molecule has 2 aromatic rings. The number of para-hydroxylation sites is 1. The molecule has 1 unspecified atom stereocenters. The minimum absolute atomic E-state index is 0.611. The Kier molecular flexibility index (Phi) is 4.38. The monoisotopic (exact) mass is 272 g/mol. The highest BCUT2D eigenvalue weighted by Crippen LogP contribution is 2.18. The Bertz CT molecular complexity index is 510. The number of hydrogen-bond donors (Lipinski definition) is 1. The fourth-order valence-electron chi connectivity index (χ4n) is 3.02. The Morgan fingerprint density at radius 3 is 2.80 bits per heavy atom. The molecule has 1 aromatic carbocycles. The average molecular weight is 272 g/mol. The smallest absolute Gasteiger partial charge is 0.134 e. The highest BCUT2D eigenvalue weighted by Gasteiger charge is 2.16. The third kappa shape index (κ3) is 3.22. The van der Waals surface area contributed by atoms with Crippen LogP contribution in [0.4, 0.5) is 0 Å². The maximum Gasteiger partial charge on any atom is 0.134 e. The zero-order valence-electron chi connectivity index (χ0n) is 12.3. The van der Waals surface area contributed by atoms with Crippen LogP contribution >= 0.6 is 0 Å². The van der Waals surface area contributed by atoms with Crippen molar-refractivity contribution in [3.05, 3.63) is 36.1 Å². The van der Waals surface area contributed by atoms with Crippen LogP contribution in [0.5, 0.6) is 0 Å². The summed E-state index contributed by atoms with van der Waals surface area (Å²) in [6.07, 6.45) is 4.11. The normalized spacial score (nSPS) is 18.4. The first-order valence-electron chi connectivity index (χ1n) is 7.75. The molecule has 0 saturated carbocycles. The molecule has 1 aromatic heterocycles. The third-order valence-corrected chi connectivity index (χ3v) is 4.23. The van der Waals surface area contributed by atoms with Crippen molar-refractivity contribution in [3.63, 3.8) is 0 Å². The molecule has 0 amide bonds. The van der Waals surface area contributed by atoms with E-state index in [4.69, 9.17) is 4.42 Å². The molecule has 0 radical (unpaired) electrons. The summed E-state index contributed by atoms with van der Waals surface area (Å²) < 4.78 is 5.82. The molecule has 1 atom stereocenters. The molecule has 3 rings (SSSR count). The average Bonchev–Trinajstić information content (AvgIpc) is 2.90. The second-order valence-corrected chi connectivity index (χ2v) is 5.83. The molecule has 1 aliphatic heterocycles. The van der Waals surface area contributed by atoms with Gasteiger partial charge in [-0.1, -0.05) is 24.6 Å². The summed E-state index contributed by atoms with van der Waals surface area (Å²) in [6.45, 7) is 6.67. The van der Waals surface area contributed by atoms with Gasteiger partial charge in [0.25, 0.3) is 0 Å². The van der Waals surface area contributed by atoms with Crippen molar-refractivity contribution in [1.29, 1.82) is 0 Å². The van der Waals surface area contributed by atoms with Crippen LogP contribution in [0.3, 0.4) is 0 Å². The van der Waals surface area contributed by atoms with Crippen LogP contribution in [0, 0.1) is 0 Å². The lowest BCUT2D eigenvalue weighted by Gasteiger charge is -2.32. The molecule has 1 saturated heterocycles. The number of hydrogen-bond acceptors (Lipinski definition) is 3. The maximum atomic E-state index is 5.82. The number of rotatable bonds is 5. The standard InChI is InChI=1S/C17H24N2O/c1-14(19-9-5-2-6-10-19)12-18-13-16-11-15-7-3-4-8-17(15)20-16/h3-4,7-8,11,14,18H,2,5-6,9-10,12-13H2,1H3. The molecule has 1 fully saturated rings. The highest BCUT2D eigenvalue weighted by molar-refractivity contribution is 5.77. The van der Waals surface area contributed by atoms with Gasteiger partial charge in [-0.3, -0.25) is 4.90 Å². The number of piperidine rings is 1. The highest BCUT2D eigenvalue weighted by atomic mass is 16.3. The molecule has 0 spiro atoms. The lowest BCUT2D eigenvalue weighted by Crippen LogP contribution is -2.42. The van der Waals surface area contributed by atoms with Gasteiger partial charge in [-0.25, -0.2) is 0 Å². The van der Waals surface area contributed by atoms with E-state index < -0.39 is 0 Å². The van der Waals surface area contributed by atoms with Crippen LogP contribution in [0.2, 0.25) is 0 Å². The Labute approximate surface area is 120 Å². The van der Waals surface area contributed by atoms with Crippen LogP contribution in [-0.4, -0.2) is 30.6 Å². The summed E-state index contributed by atoms with van der Waals surface area (Å²) in [5, 5.41) is 4.71. The molecule has 1 aliphatic rings. The third-order valence-electron chi connectivity index (χ3n) is 4.23. The van der Waals surface area contributed by atoms with Gasteiger partial charge in [0.2, 0.25) is 0 Å². The van der Waals surface area contributed by atoms with E-state index >= 15 is 0 Å². The maximum absolute atomic E-state index is 5.82. The summed E-state index contributed by atoms with van der Waals surface area (Å²) in [7, 11) is 0. The van der Waals surface area contributed by atoms with E-state index in [0.29, 0.717) is 6.04 Å². The van der Waals surface area contributed by atoms with E-state index in [2.05, 4.69) is 29.3 Å². The van der Waals surface area contributed by atoms with Crippen molar-refractivity contribution in [2.45, 2.75) is 38.8 Å². The molecule has 0 aliphatic carbocycles. The van der Waals surface area contributed by atoms with E-state index in [1.54, 1.807) is 0 Å². The Hall–Kier alpha value is -1.32. The second-order valence-electron chi connectivity index (χ2n) is 5.83. The number of benzene rings is 1. The first kappa shape index (κ1) is 13.7. The van der Waals surface area contributed by atoms with Gasteiger partial charge in [0.15, 0.2) is 0 Å². The van der Waals surface area contributed by atoms with Gasteiger partial charge in [0.1, 0.15) is 11.3 Å². The molecular formula is C17H24N2O. The van der Waals surface area contributed by atoms with Gasteiger partial charge >= 0.3 is 0 Å². The van der Waals surface area contributed by atoms with Crippen molar-refractivity contribution in [3.8, 4) is 0 Å². The van der Waals surface area contributed by atoms with Crippen molar-refractivity contribution >= 4 is 11.0 Å². The molecule has 2 heterocycles. The molecule has 20 heavy (non-hydrogen) atoms. The first-order chi connectivity index (χ1) is 9.83. The van der Waals surface area contributed by atoms with E-state index in [9.17, 15) is 0 Å². The molecule has 3 heteroatoms. The quantitative estimate of drug-likeness (QED) is 0.904. The Morgan fingerprint density at radius 1 is 1.20 bits per heavy atom. The first-order valence-corrected chi connectivity index (χ1v) is 7.75. The van der Waals surface area contributed by atoms with Crippen molar-refractivity contribution in [2.75, 3.05) is 19.6 Å². The minimum atomic E-state index is 0.611. The number of nitrogens with zero attached hydrogens (tertiary/aromatic N) is 1. The topological polar surface area (TPSA) is 28.4 Å². The molecule has 3 nitrogen and oxygen atoms in total. The fraction of sp³-hybridized carbons (Fsp3) is 0.529. The number of furan rings is 1. The summed E-state index contributed by atoms with van der Waals surface area (Å²) in [6, 6.07) is 10.9. The molecule has 0 bridgehead atoms. The van der Waals surface area contributed by atoms with Gasteiger partial charge in [-0.15, -0.1) is 0 Å². The van der Waals surface area contributed by atoms with E-state index in [1.165, 1.54) is 37.7 Å². The fourth-order valence-corrected chi connectivity index (χ4v) is 3.02.